The number of alkyl halides is 4. The molecule has 1 aromatic carbocycles. The number of likely N-dealkylation sites (tertiary alicyclic amines) is 1. The summed E-state index contributed by atoms with van der Waals surface area (Å²) in [5.74, 6) is -8.47. The van der Waals surface area contributed by atoms with Gasteiger partial charge >= 0.3 is 17.9 Å². The first-order valence-corrected chi connectivity index (χ1v) is 6.92. The molecule has 1 aromatic rings. The fourth-order valence-corrected chi connectivity index (χ4v) is 2.43. The van der Waals surface area contributed by atoms with Crippen LogP contribution >= 0.6 is 0 Å². The molecule has 9 heteroatoms. The molecule has 0 saturated carbocycles. The minimum Gasteiger partial charge on any atom is -0.312 e. The Labute approximate surface area is 128 Å². The number of hydrogen-bond acceptors (Lipinski definition) is 2. The number of rotatable bonds is 2. The van der Waals surface area contributed by atoms with Gasteiger partial charge in [0, 0.05) is 24.3 Å². The zero-order chi connectivity index (χ0) is 16.8. The lowest BCUT2D eigenvalue weighted by Crippen LogP contribution is -2.43. The molecule has 0 bridgehead atoms. The van der Waals surface area contributed by atoms with Crippen LogP contribution in [-0.2, 0) is 4.79 Å². The van der Waals surface area contributed by atoms with E-state index in [1.165, 1.54) is 12.1 Å². The van der Waals surface area contributed by atoms with Crippen molar-refractivity contribution >= 4 is 23.3 Å². The topological polar surface area (TPSA) is 52.7 Å². The van der Waals surface area contributed by atoms with E-state index in [0.29, 0.717) is 23.6 Å². The molecular formula is C14H13F4N3O2. The Bertz CT molecular complexity index is 632. The number of carbonyl (C=O) groups is 2. The molecule has 23 heavy (non-hydrogen) atoms. The van der Waals surface area contributed by atoms with Gasteiger partial charge in [-0.3, -0.25) is 4.79 Å². The molecule has 124 valence electrons. The molecule has 2 aliphatic heterocycles. The van der Waals surface area contributed by atoms with Crippen LogP contribution in [0.1, 0.15) is 6.42 Å². The van der Waals surface area contributed by atoms with Gasteiger partial charge in [0.1, 0.15) is 0 Å². The second kappa shape index (κ2) is 5.10. The largest absolute Gasteiger partial charge is 0.329 e. The third kappa shape index (κ3) is 2.71. The number of nitrogens with one attached hydrogen (secondary N) is 1. The van der Waals surface area contributed by atoms with Crippen LogP contribution in [-0.4, -0.2) is 48.3 Å². The Kier molecular flexibility index (Phi) is 3.46. The quantitative estimate of drug-likeness (QED) is 0.669. The predicted octanol–water partition coefficient (Wildman–Crippen LogP) is 2.54. The minimum atomic E-state index is -4.23. The summed E-state index contributed by atoms with van der Waals surface area (Å²) in [4.78, 5) is 25.0. The molecule has 5 nitrogen and oxygen atoms in total. The summed E-state index contributed by atoms with van der Waals surface area (Å²) in [6, 6.07) is 5.10. The monoisotopic (exact) mass is 331 g/mol. The van der Waals surface area contributed by atoms with Gasteiger partial charge in [-0.05, 0) is 24.3 Å². The van der Waals surface area contributed by atoms with Gasteiger partial charge in [0.2, 0.25) is 5.91 Å². The highest BCUT2D eigenvalue weighted by Crippen LogP contribution is 2.41. The third-order valence-electron chi connectivity index (χ3n) is 3.88. The van der Waals surface area contributed by atoms with Crippen molar-refractivity contribution in [3.8, 4) is 0 Å². The van der Waals surface area contributed by atoms with E-state index in [9.17, 15) is 27.2 Å². The Hall–Kier alpha value is -2.32. The van der Waals surface area contributed by atoms with E-state index in [-0.39, 0.29) is 11.6 Å². The molecular weight excluding hydrogens is 318 g/mol. The van der Waals surface area contributed by atoms with Crippen LogP contribution < -0.4 is 10.2 Å². The fraction of sp³-hybridized carbons (Fsp3) is 0.429. The van der Waals surface area contributed by atoms with Crippen molar-refractivity contribution in [2.75, 3.05) is 29.9 Å². The molecule has 0 radical (unpaired) electrons. The fourth-order valence-electron chi connectivity index (χ4n) is 2.43. The average Bonchev–Trinajstić information content (AvgIpc) is 2.68. The molecule has 0 unspecified atom stereocenters. The summed E-state index contributed by atoms with van der Waals surface area (Å²) in [5, 5.41) is 2.29. The van der Waals surface area contributed by atoms with Crippen LogP contribution in [0.3, 0.4) is 0 Å². The molecule has 2 aliphatic rings. The lowest BCUT2D eigenvalue weighted by atomic mass is 10.1. The van der Waals surface area contributed by atoms with Crippen LogP contribution in [0.25, 0.3) is 0 Å². The Morgan fingerprint density at radius 2 is 1.61 bits per heavy atom. The summed E-state index contributed by atoms with van der Waals surface area (Å²) in [5.41, 5.74) is 0.920. The van der Waals surface area contributed by atoms with Gasteiger partial charge < -0.3 is 15.1 Å². The highest BCUT2D eigenvalue weighted by Gasteiger charge is 2.63. The van der Waals surface area contributed by atoms with Gasteiger partial charge in [0.05, 0.1) is 13.1 Å². The standard InChI is InChI=1S/C14H13F4N3O2/c15-13(16)7-20(8-14(13,17)18)12(23)19-9-1-3-10(4-2-9)21-6-5-11(21)22/h1-4H,5-8H2,(H,19,23). The second-order valence-electron chi connectivity index (χ2n) is 5.54. The first-order valence-electron chi connectivity index (χ1n) is 6.92. The summed E-state index contributed by atoms with van der Waals surface area (Å²) in [6.45, 7) is -2.04. The minimum absolute atomic E-state index is 0.0108. The molecule has 0 aliphatic carbocycles. The van der Waals surface area contributed by atoms with Gasteiger partial charge in [-0.1, -0.05) is 0 Å². The number of β-lactam (4-membered cyclic amide) rings is 1. The first kappa shape index (κ1) is 15.6. The van der Waals surface area contributed by atoms with Crippen LogP contribution in [0, 0.1) is 0 Å². The van der Waals surface area contributed by atoms with Gasteiger partial charge in [0.25, 0.3) is 0 Å². The lowest BCUT2D eigenvalue weighted by Gasteiger charge is -2.30. The number of anilines is 2. The number of nitrogens with zero attached hydrogens (tertiary/aromatic N) is 2. The average molecular weight is 331 g/mol. The third-order valence-corrected chi connectivity index (χ3v) is 3.88. The van der Waals surface area contributed by atoms with Crippen molar-refractivity contribution in [3.63, 3.8) is 0 Å². The van der Waals surface area contributed by atoms with Crippen molar-refractivity contribution < 1.29 is 27.2 Å². The highest BCUT2D eigenvalue weighted by atomic mass is 19.3. The summed E-state index contributed by atoms with van der Waals surface area (Å²) in [6.07, 6.45) is 0.482. The van der Waals surface area contributed by atoms with Crippen molar-refractivity contribution in [2.24, 2.45) is 0 Å². The van der Waals surface area contributed by atoms with Crippen molar-refractivity contribution in [1.82, 2.24) is 4.90 Å². The lowest BCUT2D eigenvalue weighted by molar-refractivity contribution is -0.172. The highest BCUT2D eigenvalue weighted by molar-refractivity contribution is 5.99. The summed E-state index contributed by atoms with van der Waals surface area (Å²) >= 11 is 0. The molecule has 1 N–H and O–H groups in total. The molecule has 2 saturated heterocycles. The van der Waals surface area contributed by atoms with Gasteiger partial charge in [0.15, 0.2) is 0 Å². The Balaban J connectivity index is 1.63. The summed E-state index contributed by atoms with van der Waals surface area (Å²) < 4.78 is 52.3. The summed E-state index contributed by atoms with van der Waals surface area (Å²) in [7, 11) is 0. The zero-order valence-corrected chi connectivity index (χ0v) is 11.9. The van der Waals surface area contributed by atoms with E-state index < -0.39 is 31.0 Å². The Morgan fingerprint density at radius 3 is 2.04 bits per heavy atom. The molecule has 2 fully saturated rings. The maximum absolute atomic E-state index is 13.1. The van der Waals surface area contributed by atoms with Crippen LogP contribution in [0.15, 0.2) is 24.3 Å². The molecule has 0 atom stereocenters. The molecule has 3 amide bonds. The first-order chi connectivity index (χ1) is 10.7. The predicted molar refractivity (Wildman–Crippen MR) is 73.9 cm³/mol. The maximum atomic E-state index is 13.1. The van der Waals surface area contributed by atoms with Crippen molar-refractivity contribution in [2.45, 2.75) is 18.3 Å². The van der Waals surface area contributed by atoms with E-state index in [1.807, 2.05) is 0 Å². The van der Waals surface area contributed by atoms with Crippen LogP contribution in [0.5, 0.6) is 0 Å². The van der Waals surface area contributed by atoms with E-state index in [4.69, 9.17) is 0 Å². The van der Waals surface area contributed by atoms with Gasteiger partial charge in [-0.25, -0.2) is 4.79 Å². The van der Waals surface area contributed by atoms with Crippen LogP contribution in [0.2, 0.25) is 0 Å². The van der Waals surface area contributed by atoms with Crippen LogP contribution in [0.4, 0.5) is 33.7 Å². The maximum Gasteiger partial charge on any atom is 0.329 e. The van der Waals surface area contributed by atoms with E-state index in [2.05, 4.69) is 5.32 Å². The number of hydrogen-bond donors (Lipinski definition) is 1. The number of carbonyl (C=O) groups excluding carboxylic acids is 2. The van der Waals surface area contributed by atoms with Gasteiger partial charge in [-0.15, -0.1) is 0 Å². The van der Waals surface area contributed by atoms with Crippen molar-refractivity contribution in [3.05, 3.63) is 24.3 Å². The number of benzene rings is 1. The zero-order valence-electron chi connectivity index (χ0n) is 11.9. The normalized spacial score (nSPS) is 22.0. The van der Waals surface area contributed by atoms with Gasteiger partial charge in [-0.2, -0.15) is 17.6 Å². The molecule has 0 aromatic heterocycles. The van der Waals surface area contributed by atoms with Crippen molar-refractivity contribution in [1.29, 1.82) is 0 Å². The van der Waals surface area contributed by atoms with E-state index >= 15 is 0 Å². The molecule has 0 spiro atoms. The number of halogens is 4. The second-order valence-corrected chi connectivity index (χ2v) is 5.54. The molecule has 2 heterocycles. The number of urea groups is 1. The molecule has 3 rings (SSSR count). The SMILES string of the molecule is O=C(Nc1ccc(N2CCC2=O)cc1)N1CC(F)(F)C(F)(F)C1. The van der Waals surface area contributed by atoms with E-state index in [0.717, 1.165) is 0 Å². The smallest absolute Gasteiger partial charge is 0.312 e. The van der Waals surface area contributed by atoms with E-state index in [1.54, 1.807) is 17.0 Å². The number of amides is 3. The Morgan fingerprint density at radius 1 is 1.04 bits per heavy atom.